The Morgan fingerprint density at radius 2 is 1.27 bits per heavy atom. The Balaban J connectivity index is 0.00000177. The molecule has 10 heteroatoms. The zero-order valence-corrected chi connectivity index (χ0v) is 22.2. The van der Waals surface area contributed by atoms with Crippen molar-refractivity contribution in [1.82, 2.24) is 0 Å². The SMILES string of the molecule is CS(=O)(=O)c1ccccc1CS(=O)(=O)[N-]C(c1ccccc1)C([NH-])c1ccccc1.[CH3-].[Cl][Ru+3]. The van der Waals surface area contributed by atoms with Gasteiger partial charge in [-0.25, -0.2) is 16.8 Å². The molecule has 178 valence electrons. The molecule has 0 bridgehead atoms. The molecule has 6 nitrogen and oxygen atoms in total. The molecule has 2 unspecified atom stereocenters. The van der Waals surface area contributed by atoms with E-state index in [2.05, 4.69) is 14.4 Å². The van der Waals surface area contributed by atoms with E-state index in [4.69, 9.17) is 5.73 Å². The van der Waals surface area contributed by atoms with Crippen molar-refractivity contribution < 1.29 is 34.1 Å². The zero-order chi connectivity index (χ0) is 23.8. The summed E-state index contributed by atoms with van der Waals surface area (Å²) in [5.74, 6) is -0.554. The molecule has 0 amide bonds. The summed E-state index contributed by atoms with van der Waals surface area (Å²) < 4.78 is 54.0. The van der Waals surface area contributed by atoms with Crippen LogP contribution in [0, 0.1) is 7.43 Å². The van der Waals surface area contributed by atoms with Gasteiger partial charge >= 0.3 is 27.0 Å². The fourth-order valence-electron chi connectivity index (χ4n) is 3.20. The number of halogens is 1. The fraction of sp³-hybridized carbons (Fsp3) is 0.174. The second kappa shape index (κ2) is 13.3. The summed E-state index contributed by atoms with van der Waals surface area (Å²) in [6.45, 7) is 0. The molecule has 0 aromatic heterocycles. The van der Waals surface area contributed by atoms with Gasteiger partial charge in [0, 0.05) is 6.26 Å². The molecule has 3 rings (SSSR count). The first-order valence-electron chi connectivity index (χ1n) is 9.34. The van der Waals surface area contributed by atoms with Gasteiger partial charge in [-0.15, -0.1) is 12.1 Å². The molecule has 2 atom stereocenters. The van der Waals surface area contributed by atoms with Gasteiger partial charge in [-0.3, -0.25) is 0 Å². The molecule has 3 aromatic carbocycles. The molecule has 3 aromatic rings. The second-order valence-electron chi connectivity index (χ2n) is 6.96. The van der Waals surface area contributed by atoms with Crippen molar-refractivity contribution in [1.29, 1.82) is 0 Å². The Bertz CT molecular complexity index is 1210. The average Bonchev–Trinajstić information content (AvgIpc) is 2.79. The van der Waals surface area contributed by atoms with Gasteiger partial charge in [0.15, 0.2) is 9.84 Å². The van der Waals surface area contributed by atoms with Gasteiger partial charge in [0.25, 0.3) is 0 Å². The third-order valence-electron chi connectivity index (χ3n) is 4.60. The van der Waals surface area contributed by atoms with Crippen LogP contribution in [0.15, 0.2) is 89.8 Å². The minimum atomic E-state index is -4.08. The normalized spacial score (nSPS) is 13.1. The van der Waals surface area contributed by atoms with Crippen LogP contribution in [0.1, 0.15) is 28.8 Å². The average molecular weight is 594 g/mol. The van der Waals surface area contributed by atoms with Gasteiger partial charge in [0.05, 0.1) is 20.7 Å². The molecule has 0 aliphatic carbocycles. The number of hydrogen-bond donors (Lipinski definition) is 0. The van der Waals surface area contributed by atoms with Crippen LogP contribution < -0.4 is 0 Å². The van der Waals surface area contributed by atoms with E-state index in [1.165, 1.54) is 12.1 Å². The van der Waals surface area contributed by atoms with Crippen LogP contribution in [-0.2, 0) is 42.9 Å². The van der Waals surface area contributed by atoms with Crippen molar-refractivity contribution in [2.75, 3.05) is 6.26 Å². The van der Waals surface area contributed by atoms with Crippen LogP contribution in [0.4, 0.5) is 0 Å². The van der Waals surface area contributed by atoms with E-state index in [0.29, 0.717) is 11.1 Å². The second-order valence-corrected chi connectivity index (χ2v) is 10.6. The standard InChI is InChI=1S/C22H22N2O4S2.CH3.ClH.Ru/c1-29(25,26)20-15-9-8-14-19(20)16-30(27,28)24-22(18-12-6-3-7-13-18)21(23)17-10-4-2-5-11-17;;;/h2-15,21-23H,16H2,1H3;1H3;1H;/q-2;-1;;+4/p-1. The number of hydrogen-bond acceptors (Lipinski definition) is 4. The molecule has 0 spiro atoms. The third kappa shape index (κ3) is 8.59. The number of sulfone groups is 1. The van der Waals surface area contributed by atoms with Crippen molar-refractivity contribution in [2.45, 2.75) is 22.7 Å². The van der Waals surface area contributed by atoms with Crippen LogP contribution in [0.5, 0.6) is 0 Å². The van der Waals surface area contributed by atoms with Crippen LogP contribution in [-0.4, -0.2) is 23.1 Å². The Morgan fingerprint density at radius 1 is 0.818 bits per heavy atom. The molecule has 33 heavy (non-hydrogen) atoms. The summed E-state index contributed by atoms with van der Waals surface area (Å²) in [6, 6.07) is 21.8. The number of nitrogens with zero attached hydrogens (tertiary/aromatic N) is 1. The fourth-order valence-corrected chi connectivity index (χ4v) is 5.54. The summed E-state index contributed by atoms with van der Waals surface area (Å²) in [7, 11) is -3.10. The number of benzene rings is 3. The zero-order valence-electron chi connectivity index (χ0n) is 18.1. The Labute approximate surface area is 211 Å². The predicted molar refractivity (Wildman–Crippen MR) is 130 cm³/mol. The van der Waals surface area contributed by atoms with Gasteiger partial charge < -0.3 is 17.9 Å². The van der Waals surface area contributed by atoms with Crippen molar-refractivity contribution in [3.8, 4) is 0 Å². The number of nitrogens with one attached hydrogen (secondary N) is 1. The van der Waals surface area contributed by atoms with Crippen molar-refractivity contribution in [3.05, 3.63) is 120 Å². The van der Waals surface area contributed by atoms with E-state index in [1.54, 1.807) is 66.7 Å². The summed E-state index contributed by atoms with van der Waals surface area (Å²) in [5, 5.41) is 0. The Kier molecular flexibility index (Phi) is 11.9. The third-order valence-corrected chi connectivity index (χ3v) is 7.02. The molecular formula is C23H25ClN2O4RuS2. The molecule has 0 heterocycles. The van der Waals surface area contributed by atoms with E-state index in [1.807, 2.05) is 23.4 Å². The van der Waals surface area contributed by atoms with Gasteiger partial charge in [0.1, 0.15) is 0 Å². The molecule has 0 saturated carbocycles. The summed E-state index contributed by atoms with van der Waals surface area (Å²) in [4.78, 5) is -0.0366. The Morgan fingerprint density at radius 3 is 1.79 bits per heavy atom. The molecule has 0 fully saturated rings. The van der Waals surface area contributed by atoms with E-state index in [0.717, 1.165) is 6.26 Å². The summed E-state index contributed by atoms with van der Waals surface area (Å²) >= 11 is 1.82. The maximum absolute atomic E-state index is 13.0. The number of rotatable bonds is 8. The quantitative estimate of drug-likeness (QED) is 0.237. The van der Waals surface area contributed by atoms with E-state index in [9.17, 15) is 16.8 Å². The first-order valence-corrected chi connectivity index (χ1v) is 15.1. The molecule has 0 aliphatic rings. The predicted octanol–water partition coefficient (Wildman–Crippen LogP) is 5.97. The first kappa shape index (κ1) is 29.4. The van der Waals surface area contributed by atoms with Crippen molar-refractivity contribution in [2.24, 2.45) is 0 Å². The van der Waals surface area contributed by atoms with E-state index in [-0.39, 0.29) is 17.9 Å². The van der Waals surface area contributed by atoms with Gasteiger partial charge in [-0.2, -0.15) is 0 Å². The van der Waals surface area contributed by atoms with Crippen LogP contribution >= 0.6 is 9.69 Å². The first-order chi connectivity index (χ1) is 15.2. The van der Waals surface area contributed by atoms with E-state index < -0.39 is 37.7 Å². The maximum atomic E-state index is 13.0. The van der Waals surface area contributed by atoms with Crippen LogP contribution in [0.2, 0.25) is 0 Å². The van der Waals surface area contributed by atoms with Crippen LogP contribution in [0.3, 0.4) is 0 Å². The molecule has 0 aliphatic heterocycles. The van der Waals surface area contributed by atoms with Gasteiger partial charge in [-0.05, 0) is 11.6 Å². The van der Waals surface area contributed by atoms with Crippen LogP contribution in [0.25, 0.3) is 10.5 Å². The van der Waals surface area contributed by atoms with E-state index >= 15 is 0 Å². The minimum absolute atomic E-state index is 0. The van der Waals surface area contributed by atoms with Crippen molar-refractivity contribution in [3.63, 3.8) is 0 Å². The van der Waals surface area contributed by atoms with Gasteiger partial charge in [-0.1, -0.05) is 90.0 Å². The molecule has 0 saturated heterocycles. The topological polar surface area (TPSA) is 106 Å². The van der Waals surface area contributed by atoms with Gasteiger partial charge in [0.2, 0.25) is 0 Å². The van der Waals surface area contributed by atoms with Crippen molar-refractivity contribution >= 4 is 29.6 Å². The molecular weight excluding hydrogens is 569 g/mol. The number of sulfonamides is 1. The molecule has 1 N–H and O–H groups in total. The summed E-state index contributed by atoms with van der Waals surface area (Å²) in [6.07, 6.45) is 1.04. The molecule has 0 radical (unpaired) electrons. The monoisotopic (exact) mass is 594 g/mol. The Hall–Kier alpha value is -1.61. The summed E-state index contributed by atoms with van der Waals surface area (Å²) in [5.41, 5.74) is 10.1.